The molecule has 1 saturated carbocycles. The Hall–Kier alpha value is -2.13. The third-order valence-electron chi connectivity index (χ3n) is 5.86. The number of carbonyl (C=O) groups is 1. The fraction of sp³-hybridized carbons (Fsp3) is 0.600. The Morgan fingerprint density at radius 2 is 1.76 bits per heavy atom. The van der Waals surface area contributed by atoms with Crippen LogP contribution < -0.4 is 11.1 Å². The SMILES string of the molecule is O=C(Cn1c(=O)oc2cc(S(=O)(=O)N3CCCC3)ccc21)NC1CCCCCC1. The molecule has 2 aromatic rings. The molecular weight excluding hydrogens is 394 g/mol. The maximum absolute atomic E-state index is 12.7. The third kappa shape index (κ3) is 4.25. The van der Waals surface area contributed by atoms with Crippen molar-refractivity contribution in [2.24, 2.45) is 0 Å². The van der Waals surface area contributed by atoms with Crippen molar-refractivity contribution in [2.75, 3.05) is 13.1 Å². The molecule has 1 aromatic heterocycles. The highest BCUT2D eigenvalue weighted by molar-refractivity contribution is 7.89. The number of hydrogen-bond donors (Lipinski definition) is 1. The molecule has 2 heterocycles. The second-order valence-corrected chi connectivity index (χ2v) is 9.89. The number of carbonyl (C=O) groups excluding carboxylic acids is 1. The molecule has 1 amide bonds. The lowest BCUT2D eigenvalue weighted by Crippen LogP contribution is -2.38. The molecular formula is C20H27N3O5S. The Morgan fingerprint density at radius 3 is 2.45 bits per heavy atom. The van der Waals surface area contributed by atoms with Crippen molar-refractivity contribution in [3.8, 4) is 0 Å². The van der Waals surface area contributed by atoms with Gasteiger partial charge in [0.15, 0.2) is 5.58 Å². The van der Waals surface area contributed by atoms with Gasteiger partial charge in [-0.15, -0.1) is 0 Å². The van der Waals surface area contributed by atoms with Crippen molar-refractivity contribution >= 4 is 27.0 Å². The predicted molar refractivity (Wildman–Crippen MR) is 108 cm³/mol. The molecule has 29 heavy (non-hydrogen) atoms. The summed E-state index contributed by atoms with van der Waals surface area (Å²) in [5.41, 5.74) is 0.601. The summed E-state index contributed by atoms with van der Waals surface area (Å²) in [7, 11) is -3.60. The molecule has 8 nitrogen and oxygen atoms in total. The number of amides is 1. The van der Waals surface area contributed by atoms with E-state index in [-0.39, 0.29) is 29.0 Å². The van der Waals surface area contributed by atoms with Crippen molar-refractivity contribution in [2.45, 2.75) is 68.8 Å². The maximum Gasteiger partial charge on any atom is 0.420 e. The first-order valence-electron chi connectivity index (χ1n) is 10.4. The molecule has 0 spiro atoms. The van der Waals surface area contributed by atoms with E-state index >= 15 is 0 Å². The number of aromatic nitrogens is 1. The van der Waals surface area contributed by atoms with Crippen LogP contribution in [0.3, 0.4) is 0 Å². The fourth-order valence-corrected chi connectivity index (χ4v) is 5.81. The first-order chi connectivity index (χ1) is 13.9. The smallest absolute Gasteiger partial charge is 0.408 e. The van der Waals surface area contributed by atoms with Crippen molar-refractivity contribution in [1.29, 1.82) is 0 Å². The largest absolute Gasteiger partial charge is 0.420 e. The Morgan fingerprint density at radius 1 is 1.07 bits per heavy atom. The molecule has 1 saturated heterocycles. The van der Waals surface area contributed by atoms with E-state index in [1.165, 1.54) is 33.8 Å². The Balaban J connectivity index is 1.54. The van der Waals surface area contributed by atoms with E-state index in [4.69, 9.17) is 4.42 Å². The predicted octanol–water partition coefficient (Wildman–Crippen LogP) is 2.22. The minimum atomic E-state index is -3.60. The van der Waals surface area contributed by atoms with E-state index in [9.17, 15) is 18.0 Å². The normalized spacial score (nSPS) is 19.4. The van der Waals surface area contributed by atoms with Crippen LogP contribution in [0.15, 0.2) is 32.3 Å². The minimum Gasteiger partial charge on any atom is -0.408 e. The van der Waals surface area contributed by atoms with Gasteiger partial charge >= 0.3 is 5.76 Å². The highest BCUT2D eigenvalue weighted by Crippen LogP contribution is 2.24. The summed E-state index contributed by atoms with van der Waals surface area (Å²) < 4.78 is 33.4. The summed E-state index contributed by atoms with van der Waals surface area (Å²) in [4.78, 5) is 24.9. The first kappa shape index (κ1) is 20.2. The van der Waals surface area contributed by atoms with Crippen LogP contribution in [0.1, 0.15) is 51.4 Å². The van der Waals surface area contributed by atoms with Gasteiger partial charge < -0.3 is 9.73 Å². The maximum atomic E-state index is 12.7. The molecule has 1 aliphatic heterocycles. The van der Waals surface area contributed by atoms with Gasteiger partial charge in [0.05, 0.1) is 10.4 Å². The quantitative estimate of drug-likeness (QED) is 0.746. The van der Waals surface area contributed by atoms with Crippen LogP contribution in [-0.4, -0.2) is 42.3 Å². The molecule has 1 N–H and O–H groups in total. The molecule has 9 heteroatoms. The molecule has 1 aromatic carbocycles. The zero-order valence-corrected chi connectivity index (χ0v) is 17.2. The number of rotatable bonds is 5. The Bertz CT molecular complexity index is 1040. The number of oxazole rings is 1. The van der Waals surface area contributed by atoms with Gasteiger partial charge in [-0.3, -0.25) is 9.36 Å². The molecule has 4 rings (SSSR count). The summed E-state index contributed by atoms with van der Waals surface area (Å²) >= 11 is 0. The monoisotopic (exact) mass is 421 g/mol. The highest BCUT2D eigenvalue weighted by atomic mass is 32.2. The van der Waals surface area contributed by atoms with Gasteiger partial charge in [0.25, 0.3) is 0 Å². The first-order valence-corrected chi connectivity index (χ1v) is 11.8. The van der Waals surface area contributed by atoms with Crippen LogP contribution in [0.2, 0.25) is 0 Å². The number of nitrogens with zero attached hydrogens (tertiary/aromatic N) is 2. The van der Waals surface area contributed by atoms with E-state index < -0.39 is 15.8 Å². The van der Waals surface area contributed by atoms with Gasteiger partial charge in [-0.25, -0.2) is 13.2 Å². The zero-order chi connectivity index (χ0) is 20.4. The summed E-state index contributed by atoms with van der Waals surface area (Å²) in [6.07, 6.45) is 8.23. The van der Waals surface area contributed by atoms with Crippen molar-refractivity contribution in [1.82, 2.24) is 14.2 Å². The number of fused-ring (bicyclic) bond motifs is 1. The van der Waals surface area contributed by atoms with Crippen LogP contribution in [-0.2, 0) is 21.4 Å². The summed E-state index contributed by atoms with van der Waals surface area (Å²) in [6.45, 7) is 0.875. The molecule has 1 aliphatic carbocycles. The van der Waals surface area contributed by atoms with E-state index in [0.29, 0.717) is 18.6 Å². The second kappa shape index (κ2) is 8.31. The van der Waals surface area contributed by atoms with Crippen molar-refractivity contribution in [3.63, 3.8) is 0 Å². The topological polar surface area (TPSA) is 102 Å². The van der Waals surface area contributed by atoms with Crippen LogP contribution in [0, 0.1) is 0 Å². The molecule has 158 valence electrons. The van der Waals surface area contributed by atoms with Gasteiger partial charge in [0.2, 0.25) is 15.9 Å². The molecule has 0 unspecified atom stereocenters. The number of hydrogen-bond acceptors (Lipinski definition) is 5. The van der Waals surface area contributed by atoms with E-state index in [1.54, 1.807) is 6.07 Å². The van der Waals surface area contributed by atoms with Crippen molar-refractivity contribution < 1.29 is 17.6 Å². The molecule has 0 radical (unpaired) electrons. The number of sulfonamides is 1. The standard InChI is InChI=1S/C20H27N3O5S/c24-19(21-15-7-3-1-2-4-8-15)14-23-17-10-9-16(13-18(17)28-20(23)25)29(26,27)22-11-5-6-12-22/h9-10,13,15H,1-8,11-12,14H2,(H,21,24). The molecule has 2 aliphatic rings. The van der Waals surface area contributed by atoms with Crippen LogP contribution in [0.25, 0.3) is 11.1 Å². The third-order valence-corrected chi connectivity index (χ3v) is 7.76. The zero-order valence-electron chi connectivity index (χ0n) is 16.4. The van der Waals surface area contributed by atoms with Crippen LogP contribution >= 0.6 is 0 Å². The molecule has 0 atom stereocenters. The van der Waals surface area contributed by atoms with E-state index in [0.717, 1.165) is 38.5 Å². The average molecular weight is 422 g/mol. The lowest BCUT2D eigenvalue weighted by atomic mass is 10.1. The minimum absolute atomic E-state index is 0.107. The highest BCUT2D eigenvalue weighted by Gasteiger charge is 2.28. The lowest BCUT2D eigenvalue weighted by Gasteiger charge is -2.16. The molecule has 2 fully saturated rings. The number of benzene rings is 1. The lowest BCUT2D eigenvalue weighted by molar-refractivity contribution is -0.122. The fourth-order valence-electron chi connectivity index (χ4n) is 4.28. The second-order valence-electron chi connectivity index (χ2n) is 7.95. The van der Waals surface area contributed by atoms with Crippen LogP contribution in [0.5, 0.6) is 0 Å². The average Bonchev–Trinajstić information content (AvgIpc) is 3.25. The van der Waals surface area contributed by atoms with Crippen molar-refractivity contribution in [3.05, 3.63) is 28.7 Å². The summed E-state index contributed by atoms with van der Waals surface area (Å²) in [5, 5.41) is 3.02. The van der Waals surface area contributed by atoms with Gasteiger partial charge in [0, 0.05) is 25.2 Å². The van der Waals surface area contributed by atoms with Gasteiger partial charge in [-0.1, -0.05) is 25.7 Å². The van der Waals surface area contributed by atoms with E-state index in [1.807, 2.05) is 0 Å². The Kier molecular flexibility index (Phi) is 5.78. The molecule has 0 bridgehead atoms. The summed E-state index contributed by atoms with van der Waals surface area (Å²) in [6, 6.07) is 4.55. The summed E-state index contributed by atoms with van der Waals surface area (Å²) in [5.74, 6) is -0.887. The van der Waals surface area contributed by atoms with Gasteiger partial charge in [0.1, 0.15) is 6.54 Å². The number of nitrogens with one attached hydrogen (secondary N) is 1. The van der Waals surface area contributed by atoms with Gasteiger partial charge in [-0.05, 0) is 37.8 Å². The van der Waals surface area contributed by atoms with E-state index in [2.05, 4.69) is 5.32 Å². The van der Waals surface area contributed by atoms with Crippen LogP contribution in [0.4, 0.5) is 0 Å². The Labute approximate surface area is 169 Å². The van der Waals surface area contributed by atoms with Gasteiger partial charge in [-0.2, -0.15) is 4.31 Å².